The van der Waals surface area contributed by atoms with Gasteiger partial charge in [-0.15, -0.1) is 0 Å². The Labute approximate surface area is 137 Å². The molecule has 11 nitrogen and oxygen atoms in total. The quantitative estimate of drug-likeness (QED) is 0.241. The van der Waals surface area contributed by atoms with E-state index in [-0.39, 0.29) is 0 Å². The van der Waals surface area contributed by atoms with Crippen LogP contribution in [-0.4, -0.2) is 115 Å². The van der Waals surface area contributed by atoms with Gasteiger partial charge in [-0.2, -0.15) is 0 Å². The standard InChI is InChI=1S/C13H24O11/c1-13(11(21)9(19)7(17)5(3-15)23-13)24-12-10(20)8(18)6(16)4(2-14)22-12/h4-12,14-21H,2-3H2,1H3/t4-,5-,6+,7-,8+,9+,10-,11+,12+,13-/m1/s1. The van der Waals surface area contributed by atoms with Crippen molar-refractivity contribution in [3.8, 4) is 0 Å². The van der Waals surface area contributed by atoms with Gasteiger partial charge in [-0.1, -0.05) is 0 Å². The zero-order valence-electron chi connectivity index (χ0n) is 12.9. The molecule has 0 radical (unpaired) electrons. The minimum absolute atomic E-state index is 0.675. The summed E-state index contributed by atoms with van der Waals surface area (Å²) in [7, 11) is 0. The summed E-state index contributed by atoms with van der Waals surface area (Å²) in [5, 5.41) is 77.4. The summed E-state index contributed by atoms with van der Waals surface area (Å²) in [6.45, 7) is -0.180. The molecule has 2 fully saturated rings. The maximum atomic E-state index is 10.1. The van der Waals surface area contributed by atoms with Crippen LogP contribution in [0.5, 0.6) is 0 Å². The lowest BCUT2D eigenvalue weighted by atomic mass is 9.93. The number of hydrogen-bond donors (Lipinski definition) is 8. The predicted molar refractivity (Wildman–Crippen MR) is 73.2 cm³/mol. The molecule has 142 valence electrons. The molecule has 0 bridgehead atoms. The van der Waals surface area contributed by atoms with Crippen LogP contribution in [0.4, 0.5) is 0 Å². The zero-order valence-corrected chi connectivity index (χ0v) is 12.9. The van der Waals surface area contributed by atoms with E-state index in [1.54, 1.807) is 0 Å². The van der Waals surface area contributed by atoms with Crippen LogP contribution < -0.4 is 0 Å². The number of hydrogen-bond acceptors (Lipinski definition) is 11. The van der Waals surface area contributed by atoms with Crippen molar-refractivity contribution in [3.63, 3.8) is 0 Å². The highest BCUT2D eigenvalue weighted by molar-refractivity contribution is 4.96. The van der Waals surface area contributed by atoms with Gasteiger partial charge in [0.2, 0.25) is 0 Å². The Hall–Kier alpha value is -0.440. The first-order valence-electron chi connectivity index (χ1n) is 7.47. The second-order valence-corrected chi connectivity index (χ2v) is 6.10. The number of aliphatic hydroxyl groups excluding tert-OH is 8. The van der Waals surface area contributed by atoms with Crippen molar-refractivity contribution in [2.75, 3.05) is 13.2 Å². The lowest BCUT2D eigenvalue weighted by Crippen LogP contribution is -2.68. The molecular weight excluding hydrogens is 332 g/mol. The third kappa shape index (κ3) is 3.43. The largest absolute Gasteiger partial charge is 0.394 e. The summed E-state index contributed by atoms with van der Waals surface area (Å²) >= 11 is 0. The van der Waals surface area contributed by atoms with Crippen molar-refractivity contribution in [1.29, 1.82) is 0 Å². The van der Waals surface area contributed by atoms with Crippen molar-refractivity contribution in [3.05, 3.63) is 0 Å². The van der Waals surface area contributed by atoms with E-state index in [4.69, 9.17) is 19.3 Å². The Kier molecular flexibility index (Phi) is 6.16. The average molecular weight is 356 g/mol. The molecule has 2 rings (SSSR count). The van der Waals surface area contributed by atoms with E-state index in [1.807, 2.05) is 0 Å². The molecule has 0 spiro atoms. The van der Waals surface area contributed by atoms with Crippen molar-refractivity contribution in [1.82, 2.24) is 0 Å². The molecule has 0 saturated carbocycles. The van der Waals surface area contributed by atoms with E-state index >= 15 is 0 Å². The first-order valence-corrected chi connectivity index (χ1v) is 7.47. The summed E-state index contributed by atoms with van der Waals surface area (Å²) < 4.78 is 15.8. The summed E-state index contributed by atoms with van der Waals surface area (Å²) in [5.74, 6) is -2.01. The van der Waals surface area contributed by atoms with E-state index in [0.29, 0.717) is 0 Å². The smallest absolute Gasteiger partial charge is 0.197 e. The molecule has 0 unspecified atom stereocenters. The molecule has 2 saturated heterocycles. The Morgan fingerprint density at radius 2 is 1.33 bits per heavy atom. The molecule has 2 aliphatic rings. The summed E-state index contributed by atoms with van der Waals surface area (Å²) in [5.41, 5.74) is 0. The van der Waals surface area contributed by atoms with Crippen LogP contribution in [0.2, 0.25) is 0 Å². The maximum absolute atomic E-state index is 10.1. The molecule has 2 heterocycles. The van der Waals surface area contributed by atoms with E-state index in [2.05, 4.69) is 0 Å². The fraction of sp³-hybridized carbons (Fsp3) is 1.00. The van der Waals surface area contributed by atoms with Gasteiger partial charge in [0.05, 0.1) is 13.2 Å². The summed E-state index contributed by atoms with van der Waals surface area (Å²) in [6, 6.07) is 0. The van der Waals surface area contributed by atoms with Gasteiger partial charge in [0.1, 0.15) is 48.8 Å². The van der Waals surface area contributed by atoms with Gasteiger partial charge < -0.3 is 55.1 Å². The van der Waals surface area contributed by atoms with Gasteiger partial charge in [-0.05, 0) is 6.92 Å². The van der Waals surface area contributed by atoms with Gasteiger partial charge in [0, 0.05) is 0 Å². The maximum Gasteiger partial charge on any atom is 0.197 e. The lowest BCUT2D eigenvalue weighted by Gasteiger charge is -2.49. The van der Waals surface area contributed by atoms with Gasteiger partial charge in [-0.25, -0.2) is 0 Å². The molecule has 11 heteroatoms. The molecule has 0 aliphatic carbocycles. The van der Waals surface area contributed by atoms with Crippen molar-refractivity contribution < 1.29 is 55.1 Å². The van der Waals surface area contributed by atoms with Crippen molar-refractivity contribution in [2.24, 2.45) is 0 Å². The van der Waals surface area contributed by atoms with Gasteiger partial charge in [0.15, 0.2) is 12.1 Å². The lowest BCUT2D eigenvalue weighted by molar-refractivity contribution is -0.416. The first kappa shape index (κ1) is 19.9. The molecule has 10 atom stereocenters. The van der Waals surface area contributed by atoms with Crippen molar-refractivity contribution in [2.45, 2.75) is 67.8 Å². The third-order valence-corrected chi connectivity index (χ3v) is 4.36. The monoisotopic (exact) mass is 356 g/mol. The fourth-order valence-corrected chi connectivity index (χ4v) is 2.79. The Morgan fingerprint density at radius 3 is 1.88 bits per heavy atom. The number of rotatable bonds is 4. The number of aliphatic hydroxyl groups is 8. The highest BCUT2D eigenvalue weighted by atomic mass is 16.8. The minimum Gasteiger partial charge on any atom is -0.394 e. The minimum atomic E-state index is -2.01. The van der Waals surface area contributed by atoms with E-state index in [9.17, 15) is 35.7 Å². The molecule has 0 aromatic heterocycles. The van der Waals surface area contributed by atoms with Crippen molar-refractivity contribution >= 4 is 0 Å². The first-order chi connectivity index (χ1) is 11.2. The Bertz CT molecular complexity index is 419. The fourth-order valence-electron chi connectivity index (χ4n) is 2.79. The second-order valence-electron chi connectivity index (χ2n) is 6.10. The predicted octanol–water partition coefficient (Wildman–Crippen LogP) is -5.01. The summed E-state index contributed by atoms with van der Waals surface area (Å²) in [4.78, 5) is 0. The molecule has 24 heavy (non-hydrogen) atoms. The molecule has 8 N–H and O–H groups in total. The van der Waals surface area contributed by atoms with Crippen LogP contribution in [0.15, 0.2) is 0 Å². The summed E-state index contributed by atoms with van der Waals surface area (Å²) in [6.07, 6.45) is -14.2. The van der Waals surface area contributed by atoms with Crippen LogP contribution >= 0.6 is 0 Å². The topological polar surface area (TPSA) is 190 Å². The van der Waals surface area contributed by atoms with Crippen LogP contribution in [0.3, 0.4) is 0 Å². The molecule has 2 aliphatic heterocycles. The molecular formula is C13H24O11. The normalized spacial score (nSPS) is 53.1. The average Bonchev–Trinajstić information content (AvgIpc) is 2.57. The van der Waals surface area contributed by atoms with E-state index in [0.717, 1.165) is 0 Å². The van der Waals surface area contributed by atoms with Crippen LogP contribution in [-0.2, 0) is 14.2 Å². The molecule has 0 amide bonds. The van der Waals surface area contributed by atoms with Crippen LogP contribution in [0.1, 0.15) is 6.92 Å². The molecule has 0 aromatic carbocycles. The Morgan fingerprint density at radius 1 is 0.792 bits per heavy atom. The highest BCUT2D eigenvalue weighted by Crippen LogP contribution is 2.34. The van der Waals surface area contributed by atoms with E-state index < -0.39 is 74.1 Å². The van der Waals surface area contributed by atoms with Crippen LogP contribution in [0, 0.1) is 0 Å². The van der Waals surface area contributed by atoms with Gasteiger partial charge >= 0.3 is 0 Å². The van der Waals surface area contributed by atoms with Gasteiger partial charge in [0.25, 0.3) is 0 Å². The van der Waals surface area contributed by atoms with Crippen LogP contribution in [0.25, 0.3) is 0 Å². The highest BCUT2D eigenvalue weighted by Gasteiger charge is 2.55. The Balaban J connectivity index is 2.18. The zero-order chi connectivity index (χ0) is 18.2. The SMILES string of the molecule is C[C@]1(O[C@@H]2O[C@H](CO)[C@H](O)[C@H](O)[C@H]2O)O[C@H](CO)[C@@H](O)[C@H](O)[C@@H]1O. The second kappa shape index (κ2) is 7.43. The van der Waals surface area contributed by atoms with Gasteiger partial charge in [-0.3, -0.25) is 0 Å². The number of ether oxygens (including phenoxy) is 3. The van der Waals surface area contributed by atoms with E-state index in [1.165, 1.54) is 6.92 Å². The molecule has 0 aromatic rings. The third-order valence-electron chi connectivity index (χ3n) is 4.36.